The summed E-state index contributed by atoms with van der Waals surface area (Å²) < 4.78 is 1.95. The first-order chi connectivity index (χ1) is 6.20. The van der Waals surface area contributed by atoms with Crippen molar-refractivity contribution in [3.05, 3.63) is 11.6 Å². The summed E-state index contributed by atoms with van der Waals surface area (Å²) in [5.74, 6) is 1.93. The highest BCUT2D eigenvalue weighted by Crippen LogP contribution is 2.25. The standard InChI is InChI=1S/C9H13N3O/c1-6-4-3-5-12-8(6)10-11-9(12)7(2)13/h6H,3-5H2,1-2H3. The number of ketones is 1. The van der Waals surface area contributed by atoms with Crippen molar-refractivity contribution in [2.45, 2.75) is 39.2 Å². The van der Waals surface area contributed by atoms with E-state index in [1.54, 1.807) is 0 Å². The first-order valence-electron chi connectivity index (χ1n) is 4.64. The van der Waals surface area contributed by atoms with Crippen LogP contribution in [0.15, 0.2) is 0 Å². The van der Waals surface area contributed by atoms with Gasteiger partial charge in [0.1, 0.15) is 5.82 Å². The SMILES string of the molecule is CC(=O)c1nnc2n1CCCC2C. The second kappa shape index (κ2) is 2.94. The summed E-state index contributed by atoms with van der Waals surface area (Å²) in [5, 5.41) is 7.96. The van der Waals surface area contributed by atoms with Gasteiger partial charge in [0.15, 0.2) is 11.6 Å². The third-order valence-electron chi connectivity index (χ3n) is 2.55. The summed E-state index contributed by atoms with van der Waals surface area (Å²) in [6.07, 6.45) is 2.27. The van der Waals surface area contributed by atoms with Gasteiger partial charge in [-0.15, -0.1) is 10.2 Å². The minimum atomic E-state index is 0.00727. The van der Waals surface area contributed by atoms with Crippen molar-refractivity contribution in [2.24, 2.45) is 0 Å². The maximum absolute atomic E-state index is 11.2. The van der Waals surface area contributed by atoms with Crippen molar-refractivity contribution < 1.29 is 4.79 Å². The number of carbonyl (C=O) groups excluding carboxylic acids is 1. The van der Waals surface area contributed by atoms with Crippen LogP contribution in [-0.2, 0) is 6.54 Å². The minimum absolute atomic E-state index is 0.00727. The number of fused-ring (bicyclic) bond motifs is 1. The summed E-state index contributed by atoms with van der Waals surface area (Å²) in [7, 11) is 0. The molecule has 0 saturated carbocycles. The van der Waals surface area contributed by atoms with Gasteiger partial charge in [0.2, 0.25) is 0 Å². The van der Waals surface area contributed by atoms with Gasteiger partial charge in [0, 0.05) is 19.4 Å². The molecule has 0 fully saturated rings. The first kappa shape index (κ1) is 8.41. The zero-order valence-corrected chi connectivity index (χ0v) is 7.95. The second-order valence-electron chi connectivity index (χ2n) is 3.63. The molecule has 1 aromatic heterocycles. The van der Waals surface area contributed by atoms with E-state index >= 15 is 0 Å². The van der Waals surface area contributed by atoms with Crippen molar-refractivity contribution >= 4 is 5.78 Å². The van der Waals surface area contributed by atoms with Crippen molar-refractivity contribution in [1.29, 1.82) is 0 Å². The fraction of sp³-hybridized carbons (Fsp3) is 0.667. The van der Waals surface area contributed by atoms with Crippen LogP contribution in [0.3, 0.4) is 0 Å². The van der Waals surface area contributed by atoms with Crippen molar-refractivity contribution in [3.63, 3.8) is 0 Å². The highest BCUT2D eigenvalue weighted by atomic mass is 16.1. The lowest BCUT2D eigenvalue weighted by molar-refractivity contribution is 0.0998. The number of rotatable bonds is 1. The van der Waals surface area contributed by atoms with Gasteiger partial charge < -0.3 is 4.57 Å². The predicted molar refractivity (Wildman–Crippen MR) is 47.7 cm³/mol. The Balaban J connectivity index is 2.47. The average Bonchev–Trinajstić information content (AvgIpc) is 2.48. The monoisotopic (exact) mass is 179 g/mol. The van der Waals surface area contributed by atoms with Crippen LogP contribution < -0.4 is 0 Å². The van der Waals surface area contributed by atoms with E-state index in [0.717, 1.165) is 25.2 Å². The predicted octanol–water partition coefficient (Wildman–Crippen LogP) is 1.38. The van der Waals surface area contributed by atoms with Crippen molar-refractivity contribution in [3.8, 4) is 0 Å². The van der Waals surface area contributed by atoms with E-state index in [1.165, 1.54) is 6.92 Å². The Kier molecular flexibility index (Phi) is 1.90. The third-order valence-corrected chi connectivity index (χ3v) is 2.55. The molecular formula is C9H13N3O. The molecule has 2 rings (SSSR count). The lowest BCUT2D eigenvalue weighted by Crippen LogP contribution is -2.17. The van der Waals surface area contributed by atoms with Gasteiger partial charge in [-0.05, 0) is 12.8 Å². The molecule has 2 heterocycles. The smallest absolute Gasteiger partial charge is 0.199 e. The summed E-state index contributed by atoms with van der Waals surface area (Å²) in [4.78, 5) is 11.2. The quantitative estimate of drug-likeness (QED) is 0.612. The van der Waals surface area contributed by atoms with Gasteiger partial charge in [-0.25, -0.2) is 0 Å². The number of aromatic nitrogens is 3. The molecule has 1 aromatic rings. The molecule has 4 heteroatoms. The Morgan fingerprint density at radius 1 is 1.54 bits per heavy atom. The summed E-state index contributed by atoms with van der Waals surface area (Å²) in [6, 6.07) is 0. The Morgan fingerprint density at radius 2 is 2.31 bits per heavy atom. The number of Topliss-reactive ketones (excluding diaryl/α,β-unsaturated/α-hetero) is 1. The molecular weight excluding hydrogens is 166 g/mol. The normalized spacial score (nSPS) is 21.2. The van der Waals surface area contributed by atoms with Crippen molar-refractivity contribution in [1.82, 2.24) is 14.8 Å². The minimum Gasteiger partial charge on any atom is -0.308 e. The van der Waals surface area contributed by atoms with Gasteiger partial charge in [0.25, 0.3) is 0 Å². The Hall–Kier alpha value is -1.19. The largest absolute Gasteiger partial charge is 0.308 e. The zero-order chi connectivity index (χ0) is 9.42. The molecule has 0 N–H and O–H groups in total. The van der Waals surface area contributed by atoms with Gasteiger partial charge in [-0.3, -0.25) is 4.79 Å². The van der Waals surface area contributed by atoms with Crippen LogP contribution in [0.5, 0.6) is 0 Å². The molecule has 1 aliphatic heterocycles. The molecule has 1 unspecified atom stereocenters. The fourth-order valence-corrected chi connectivity index (χ4v) is 1.85. The lowest BCUT2D eigenvalue weighted by Gasteiger charge is -2.19. The Bertz CT molecular complexity index is 343. The summed E-state index contributed by atoms with van der Waals surface area (Å²) in [6.45, 7) is 4.56. The molecule has 13 heavy (non-hydrogen) atoms. The summed E-state index contributed by atoms with van der Waals surface area (Å²) >= 11 is 0. The summed E-state index contributed by atoms with van der Waals surface area (Å²) in [5.41, 5.74) is 0. The lowest BCUT2D eigenvalue weighted by atomic mass is 10.0. The molecule has 70 valence electrons. The average molecular weight is 179 g/mol. The van der Waals surface area contributed by atoms with Crippen LogP contribution in [0.25, 0.3) is 0 Å². The number of hydrogen-bond donors (Lipinski definition) is 0. The molecule has 0 radical (unpaired) electrons. The van der Waals surface area contributed by atoms with Crippen LogP contribution in [0.4, 0.5) is 0 Å². The van der Waals surface area contributed by atoms with Crippen LogP contribution in [0.1, 0.15) is 49.1 Å². The van der Waals surface area contributed by atoms with E-state index in [-0.39, 0.29) is 5.78 Å². The topological polar surface area (TPSA) is 47.8 Å². The van der Waals surface area contributed by atoms with Crippen molar-refractivity contribution in [2.75, 3.05) is 0 Å². The molecule has 1 aliphatic rings. The van der Waals surface area contributed by atoms with E-state index in [9.17, 15) is 4.79 Å². The first-order valence-corrected chi connectivity index (χ1v) is 4.64. The Morgan fingerprint density at radius 3 is 3.00 bits per heavy atom. The van der Waals surface area contributed by atoms with Crippen LogP contribution in [0, 0.1) is 0 Å². The Labute approximate surface area is 77.0 Å². The van der Waals surface area contributed by atoms with E-state index < -0.39 is 0 Å². The van der Waals surface area contributed by atoms with Gasteiger partial charge in [-0.2, -0.15) is 0 Å². The number of carbonyl (C=O) groups is 1. The highest BCUT2D eigenvalue weighted by molar-refractivity contribution is 5.90. The number of nitrogens with zero attached hydrogens (tertiary/aromatic N) is 3. The maximum Gasteiger partial charge on any atom is 0.199 e. The van der Waals surface area contributed by atoms with Gasteiger partial charge >= 0.3 is 0 Å². The van der Waals surface area contributed by atoms with Crippen LogP contribution in [-0.4, -0.2) is 20.5 Å². The molecule has 0 spiro atoms. The van der Waals surface area contributed by atoms with Crippen LogP contribution >= 0.6 is 0 Å². The van der Waals surface area contributed by atoms with Crippen LogP contribution in [0.2, 0.25) is 0 Å². The molecule has 4 nitrogen and oxygen atoms in total. The molecule has 0 bridgehead atoms. The fourth-order valence-electron chi connectivity index (χ4n) is 1.85. The molecule has 0 saturated heterocycles. The third kappa shape index (κ3) is 1.26. The maximum atomic E-state index is 11.2. The van der Waals surface area contributed by atoms with E-state index in [2.05, 4.69) is 17.1 Å². The molecule has 0 aromatic carbocycles. The van der Waals surface area contributed by atoms with E-state index in [4.69, 9.17) is 0 Å². The van der Waals surface area contributed by atoms with Gasteiger partial charge in [-0.1, -0.05) is 6.92 Å². The van der Waals surface area contributed by atoms with E-state index in [1.807, 2.05) is 4.57 Å². The second-order valence-corrected chi connectivity index (χ2v) is 3.63. The number of hydrogen-bond acceptors (Lipinski definition) is 3. The zero-order valence-electron chi connectivity index (χ0n) is 7.95. The van der Waals surface area contributed by atoms with E-state index in [0.29, 0.717) is 11.7 Å². The highest BCUT2D eigenvalue weighted by Gasteiger charge is 2.23. The van der Waals surface area contributed by atoms with Gasteiger partial charge in [0.05, 0.1) is 0 Å². The molecule has 1 atom stereocenters. The molecule has 0 amide bonds. The molecule has 0 aliphatic carbocycles.